The van der Waals surface area contributed by atoms with Gasteiger partial charge in [0, 0.05) is 39.1 Å². The molecule has 0 spiro atoms. The maximum atomic E-state index is 12.1. The summed E-state index contributed by atoms with van der Waals surface area (Å²) in [5.74, 6) is -0.0267. The molecule has 19 heavy (non-hydrogen) atoms. The Labute approximate surface area is 121 Å². The molecule has 2 aliphatic heterocycles. The van der Waals surface area contributed by atoms with Gasteiger partial charge in [-0.05, 0) is 25.7 Å². The fourth-order valence-electron chi connectivity index (χ4n) is 2.97. The second-order valence-corrected chi connectivity index (χ2v) is 5.64. The van der Waals surface area contributed by atoms with E-state index in [9.17, 15) is 9.59 Å². The third-order valence-corrected chi connectivity index (χ3v) is 4.30. The molecule has 0 aromatic rings. The summed E-state index contributed by atoms with van der Waals surface area (Å²) in [6, 6.07) is 1.49. The van der Waals surface area contributed by atoms with Gasteiger partial charge < -0.3 is 15.1 Å². The number of nitrogens with one attached hydrogen (secondary N) is 1. The van der Waals surface area contributed by atoms with Gasteiger partial charge in [-0.2, -0.15) is 0 Å². The molecule has 2 aliphatic rings. The van der Waals surface area contributed by atoms with Gasteiger partial charge in [-0.3, -0.25) is 9.59 Å². The van der Waals surface area contributed by atoms with Gasteiger partial charge >= 0.3 is 0 Å². The highest BCUT2D eigenvalue weighted by Gasteiger charge is 2.36. The molecule has 0 radical (unpaired) electrons. The zero-order chi connectivity index (χ0) is 13.3. The third kappa shape index (κ3) is 3.83. The van der Waals surface area contributed by atoms with Gasteiger partial charge in [0.2, 0.25) is 11.8 Å². The van der Waals surface area contributed by atoms with Gasteiger partial charge in [-0.15, -0.1) is 12.4 Å². The van der Waals surface area contributed by atoms with Gasteiger partial charge in [-0.25, -0.2) is 0 Å². The number of hydrogen-bond acceptors (Lipinski definition) is 3. The van der Waals surface area contributed by atoms with Crippen LogP contribution < -0.4 is 5.32 Å². The Morgan fingerprint density at radius 2 is 1.68 bits per heavy atom. The molecule has 1 N–H and O–H groups in total. The Hall–Kier alpha value is -0.810. The Balaban J connectivity index is 0.00000180. The first-order valence-corrected chi connectivity index (χ1v) is 6.70. The number of amides is 2. The summed E-state index contributed by atoms with van der Waals surface area (Å²) in [4.78, 5) is 26.5. The molecule has 2 fully saturated rings. The molecule has 110 valence electrons. The largest absolute Gasteiger partial charge is 0.341 e. The van der Waals surface area contributed by atoms with Crippen molar-refractivity contribution in [3.63, 3.8) is 0 Å². The van der Waals surface area contributed by atoms with Crippen LogP contribution in [0.4, 0.5) is 0 Å². The summed E-state index contributed by atoms with van der Waals surface area (Å²) >= 11 is 0. The zero-order valence-electron chi connectivity index (χ0n) is 11.9. The van der Waals surface area contributed by atoms with E-state index in [1.165, 1.54) is 24.7 Å². The third-order valence-electron chi connectivity index (χ3n) is 4.30. The van der Waals surface area contributed by atoms with E-state index in [1.807, 2.05) is 11.9 Å². The first-order valence-electron chi connectivity index (χ1n) is 6.70. The van der Waals surface area contributed by atoms with E-state index in [1.54, 1.807) is 7.05 Å². The van der Waals surface area contributed by atoms with Gasteiger partial charge in [0.1, 0.15) is 0 Å². The van der Waals surface area contributed by atoms with Crippen molar-refractivity contribution in [1.82, 2.24) is 15.1 Å². The van der Waals surface area contributed by atoms with Crippen LogP contribution in [0.25, 0.3) is 0 Å². The lowest BCUT2D eigenvalue weighted by atomic mass is 9.98. The fourth-order valence-corrected chi connectivity index (χ4v) is 2.97. The van der Waals surface area contributed by atoms with Crippen molar-refractivity contribution in [3.8, 4) is 0 Å². The molecule has 2 saturated heterocycles. The molecule has 0 saturated carbocycles. The SMILES string of the molecule is CC(=O)N(C)CC(=O)N(C)C1CC2CCC(C1)N2.Cl. The van der Waals surface area contributed by atoms with Crippen molar-refractivity contribution in [1.29, 1.82) is 0 Å². The standard InChI is InChI=1S/C13H23N3O2.ClH/c1-9(17)15(2)8-13(18)16(3)12-6-10-4-5-11(7-12)14-10;/h10-12,14H,4-8H2,1-3H3;1H. The smallest absolute Gasteiger partial charge is 0.242 e. The van der Waals surface area contributed by atoms with Crippen LogP contribution in [-0.2, 0) is 9.59 Å². The molecule has 2 heterocycles. The first kappa shape index (κ1) is 16.2. The molecule has 0 aromatic heterocycles. The second kappa shape index (κ2) is 6.57. The Bertz CT molecular complexity index is 339. The maximum Gasteiger partial charge on any atom is 0.242 e. The van der Waals surface area contributed by atoms with E-state index in [-0.39, 0.29) is 30.8 Å². The number of nitrogens with zero attached hydrogens (tertiary/aromatic N) is 2. The number of carbonyl (C=O) groups is 2. The summed E-state index contributed by atoms with van der Waals surface area (Å²) < 4.78 is 0. The van der Waals surface area contributed by atoms with Crippen LogP contribution in [0.5, 0.6) is 0 Å². The predicted octanol–water partition coefficient (Wildman–Crippen LogP) is 0.628. The average Bonchev–Trinajstić information content (AvgIpc) is 2.66. The van der Waals surface area contributed by atoms with Crippen LogP contribution in [0.1, 0.15) is 32.6 Å². The number of likely N-dealkylation sites (N-methyl/N-ethyl adjacent to an activating group) is 2. The molecular formula is C13H24ClN3O2. The fraction of sp³-hybridized carbons (Fsp3) is 0.846. The molecule has 2 unspecified atom stereocenters. The van der Waals surface area contributed by atoms with Crippen molar-refractivity contribution >= 4 is 24.2 Å². The Morgan fingerprint density at radius 1 is 1.16 bits per heavy atom. The highest BCUT2D eigenvalue weighted by atomic mass is 35.5. The lowest BCUT2D eigenvalue weighted by Crippen LogP contribution is -2.50. The van der Waals surface area contributed by atoms with Crippen LogP contribution in [0.3, 0.4) is 0 Å². The highest BCUT2D eigenvalue weighted by Crippen LogP contribution is 2.29. The molecule has 5 nitrogen and oxygen atoms in total. The molecule has 0 aliphatic carbocycles. The molecule has 2 rings (SSSR count). The van der Waals surface area contributed by atoms with Crippen LogP contribution in [0, 0.1) is 0 Å². The van der Waals surface area contributed by atoms with Crippen LogP contribution in [-0.4, -0.2) is 60.4 Å². The van der Waals surface area contributed by atoms with E-state index >= 15 is 0 Å². The normalized spacial score (nSPS) is 28.5. The van der Waals surface area contributed by atoms with E-state index in [2.05, 4.69) is 5.32 Å². The summed E-state index contributed by atoms with van der Waals surface area (Å²) in [5.41, 5.74) is 0. The van der Waals surface area contributed by atoms with E-state index in [0.29, 0.717) is 18.1 Å². The van der Waals surface area contributed by atoms with Gasteiger partial charge in [0.25, 0.3) is 0 Å². The van der Waals surface area contributed by atoms with Gasteiger partial charge in [0.15, 0.2) is 0 Å². The summed E-state index contributed by atoms with van der Waals surface area (Å²) in [6.07, 6.45) is 4.55. The maximum absolute atomic E-state index is 12.1. The van der Waals surface area contributed by atoms with Crippen molar-refractivity contribution in [2.24, 2.45) is 0 Å². The minimum atomic E-state index is -0.0675. The van der Waals surface area contributed by atoms with E-state index < -0.39 is 0 Å². The first-order chi connectivity index (χ1) is 8.47. The van der Waals surface area contributed by atoms with Crippen molar-refractivity contribution in [2.75, 3.05) is 20.6 Å². The Morgan fingerprint density at radius 3 is 2.16 bits per heavy atom. The average molecular weight is 290 g/mol. The monoisotopic (exact) mass is 289 g/mol. The summed E-state index contributed by atoms with van der Waals surface area (Å²) in [7, 11) is 3.53. The van der Waals surface area contributed by atoms with Crippen molar-refractivity contribution in [3.05, 3.63) is 0 Å². The number of fused-ring (bicyclic) bond motifs is 2. The molecule has 2 atom stereocenters. The quantitative estimate of drug-likeness (QED) is 0.829. The van der Waals surface area contributed by atoms with Gasteiger partial charge in [0.05, 0.1) is 6.54 Å². The molecular weight excluding hydrogens is 266 g/mol. The summed E-state index contributed by atoms with van der Waals surface area (Å²) in [6.45, 7) is 1.67. The predicted molar refractivity (Wildman–Crippen MR) is 76.3 cm³/mol. The highest BCUT2D eigenvalue weighted by molar-refractivity contribution is 5.85. The van der Waals surface area contributed by atoms with Crippen LogP contribution in [0.2, 0.25) is 0 Å². The number of piperidine rings is 1. The second-order valence-electron chi connectivity index (χ2n) is 5.64. The van der Waals surface area contributed by atoms with Crippen molar-refractivity contribution < 1.29 is 9.59 Å². The minimum Gasteiger partial charge on any atom is -0.341 e. The van der Waals surface area contributed by atoms with Gasteiger partial charge in [-0.1, -0.05) is 0 Å². The van der Waals surface area contributed by atoms with E-state index in [4.69, 9.17) is 0 Å². The number of carbonyl (C=O) groups excluding carboxylic acids is 2. The molecule has 6 heteroatoms. The number of halogens is 1. The molecule has 0 aromatic carbocycles. The molecule has 2 bridgehead atoms. The minimum absolute atomic E-state index is 0. The summed E-state index contributed by atoms with van der Waals surface area (Å²) in [5, 5.41) is 3.57. The van der Waals surface area contributed by atoms with Crippen LogP contribution >= 0.6 is 12.4 Å². The number of hydrogen-bond donors (Lipinski definition) is 1. The molecule has 2 amide bonds. The zero-order valence-corrected chi connectivity index (χ0v) is 12.7. The topological polar surface area (TPSA) is 52.7 Å². The van der Waals surface area contributed by atoms with E-state index in [0.717, 1.165) is 12.8 Å². The van der Waals surface area contributed by atoms with Crippen LogP contribution in [0.15, 0.2) is 0 Å². The lowest BCUT2D eigenvalue weighted by Gasteiger charge is -2.36. The number of rotatable bonds is 3. The lowest BCUT2D eigenvalue weighted by molar-refractivity contribution is -0.139. The van der Waals surface area contributed by atoms with Crippen molar-refractivity contribution in [2.45, 2.75) is 50.7 Å². The Kier molecular flexibility index (Phi) is 5.62.